The monoisotopic (exact) mass is 324 g/mol. The van der Waals surface area contributed by atoms with Gasteiger partial charge in [-0.3, -0.25) is 9.69 Å². The predicted octanol–water partition coefficient (Wildman–Crippen LogP) is 2.27. The molecule has 1 heterocycles. The predicted molar refractivity (Wildman–Crippen MR) is 98.0 cm³/mol. The molecule has 1 amide bonds. The zero-order chi connectivity index (χ0) is 16.9. The van der Waals surface area contributed by atoms with E-state index < -0.39 is 0 Å². The molecule has 0 saturated carbocycles. The van der Waals surface area contributed by atoms with Gasteiger partial charge in [-0.05, 0) is 36.9 Å². The Hall–Kier alpha value is -2.37. The molecule has 1 saturated heterocycles. The van der Waals surface area contributed by atoms with Crippen molar-refractivity contribution in [3.8, 4) is 0 Å². The minimum Gasteiger partial charge on any atom is -0.398 e. The number of hydrogen-bond donors (Lipinski definition) is 2. The third-order valence-corrected chi connectivity index (χ3v) is 4.39. The van der Waals surface area contributed by atoms with Crippen molar-refractivity contribution in [1.29, 1.82) is 0 Å². The number of carbonyl (C=O) groups is 1. The average Bonchev–Trinajstić information content (AvgIpc) is 2.58. The molecule has 2 aromatic carbocycles. The number of rotatable bonds is 4. The summed E-state index contributed by atoms with van der Waals surface area (Å²) < 4.78 is 0. The SMILES string of the molecule is CN1CCN(Cc2cccc(NC(=O)c3ccccc3N)c2)CC1. The lowest BCUT2D eigenvalue weighted by Crippen LogP contribution is -2.43. The molecule has 24 heavy (non-hydrogen) atoms. The van der Waals surface area contributed by atoms with Crippen LogP contribution in [-0.2, 0) is 6.54 Å². The number of nitrogens with two attached hydrogens (primary N) is 1. The molecule has 3 rings (SSSR count). The smallest absolute Gasteiger partial charge is 0.257 e. The second-order valence-electron chi connectivity index (χ2n) is 6.32. The summed E-state index contributed by atoms with van der Waals surface area (Å²) >= 11 is 0. The molecule has 0 aliphatic carbocycles. The Morgan fingerprint density at radius 2 is 1.83 bits per heavy atom. The Balaban J connectivity index is 1.65. The van der Waals surface area contributed by atoms with Crippen LogP contribution in [0.2, 0.25) is 0 Å². The van der Waals surface area contributed by atoms with Crippen LogP contribution in [0.15, 0.2) is 48.5 Å². The maximum absolute atomic E-state index is 12.4. The van der Waals surface area contributed by atoms with Crippen LogP contribution in [0, 0.1) is 0 Å². The minimum absolute atomic E-state index is 0.176. The first kappa shape index (κ1) is 16.5. The number of nitrogens with one attached hydrogen (secondary N) is 1. The van der Waals surface area contributed by atoms with Gasteiger partial charge in [0.05, 0.1) is 5.56 Å². The van der Waals surface area contributed by atoms with Crippen molar-refractivity contribution in [2.75, 3.05) is 44.3 Å². The molecule has 1 aliphatic rings. The van der Waals surface area contributed by atoms with Crippen LogP contribution in [0.5, 0.6) is 0 Å². The van der Waals surface area contributed by atoms with Gasteiger partial charge in [-0.25, -0.2) is 0 Å². The van der Waals surface area contributed by atoms with E-state index in [9.17, 15) is 4.79 Å². The lowest BCUT2D eigenvalue weighted by Gasteiger charge is -2.32. The van der Waals surface area contributed by atoms with Crippen LogP contribution in [0.1, 0.15) is 15.9 Å². The van der Waals surface area contributed by atoms with E-state index in [1.165, 1.54) is 5.56 Å². The van der Waals surface area contributed by atoms with Gasteiger partial charge in [-0.15, -0.1) is 0 Å². The lowest BCUT2D eigenvalue weighted by molar-refractivity contribution is 0.102. The number of carbonyl (C=O) groups excluding carboxylic acids is 1. The van der Waals surface area contributed by atoms with Crippen molar-refractivity contribution in [3.05, 3.63) is 59.7 Å². The van der Waals surface area contributed by atoms with Crippen LogP contribution in [0.4, 0.5) is 11.4 Å². The number of nitrogen functional groups attached to an aromatic ring is 1. The third kappa shape index (κ3) is 4.13. The molecule has 0 radical (unpaired) electrons. The van der Waals surface area contributed by atoms with E-state index in [0.717, 1.165) is 38.4 Å². The van der Waals surface area contributed by atoms with Gasteiger partial charge in [-0.2, -0.15) is 0 Å². The maximum atomic E-state index is 12.4. The van der Waals surface area contributed by atoms with Crippen LogP contribution in [-0.4, -0.2) is 48.9 Å². The summed E-state index contributed by atoms with van der Waals surface area (Å²) in [7, 11) is 2.16. The number of amides is 1. The first-order valence-corrected chi connectivity index (χ1v) is 8.27. The standard InChI is InChI=1S/C19H24N4O/c1-22-9-11-23(12-10-22)14-15-5-4-6-16(13-15)21-19(24)17-7-2-3-8-18(17)20/h2-8,13H,9-12,14,20H2,1H3,(H,21,24). The van der Waals surface area contributed by atoms with Gasteiger partial charge < -0.3 is 16.0 Å². The maximum Gasteiger partial charge on any atom is 0.257 e. The quantitative estimate of drug-likeness (QED) is 0.847. The Labute approximate surface area is 143 Å². The number of nitrogens with zero attached hydrogens (tertiary/aromatic N) is 2. The number of hydrogen-bond acceptors (Lipinski definition) is 4. The van der Waals surface area contributed by atoms with Crippen LogP contribution in [0.3, 0.4) is 0 Å². The van der Waals surface area contributed by atoms with E-state index in [2.05, 4.69) is 28.2 Å². The molecular weight excluding hydrogens is 300 g/mol. The second-order valence-corrected chi connectivity index (χ2v) is 6.32. The van der Waals surface area contributed by atoms with Crippen LogP contribution >= 0.6 is 0 Å². The van der Waals surface area contributed by atoms with Gasteiger partial charge in [0.2, 0.25) is 0 Å². The highest BCUT2D eigenvalue weighted by Crippen LogP contribution is 2.17. The van der Waals surface area contributed by atoms with E-state index >= 15 is 0 Å². The van der Waals surface area contributed by atoms with Gasteiger partial charge in [0.1, 0.15) is 0 Å². The first-order valence-electron chi connectivity index (χ1n) is 8.27. The van der Waals surface area contributed by atoms with Crippen LogP contribution < -0.4 is 11.1 Å². The number of piperazine rings is 1. The summed E-state index contributed by atoms with van der Waals surface area (Å²) in [5.41, 5.74) is 8.87. The molecule has 0 bridgehead atoms. The van der Waals surface area contributed by atoms with Gasteiger partial charge in [0.25, 0.3) is 5.91 Å². The third-order valence-electron chi connectivity index (χ3n) is 4.39. The Kier molecular flexibility index (Phi) is 5.13. The van der Waals surface area contributed by atoms with Gasteiger partial charge in [0.15, 0.2) is 0 Å². The van der Waals surface area contributed by atoms with E-state index in [0.29, 0.717) is 11.3 Å². The van der Waals surface area contributed by atoms with Gasteiger partial charge >= 0.3 is 0 Å². The highest BCUT2D eigenvalue weighted by molar-refractivity contribution is 6.07. The molecule has 0 unspecified atom stereocenters. The zero-order valence-corrected chi connectivity index (χ0v) is 14.0. The molecule has 126 valence electrons. The Morgan fingerprint density at radius 3 is 2.58 bits per heavy atom. The number of benzene rings is 2. The van der Waals surface area contributed by atoms with Gasteiger partial charge in [0, 0.05) is 44.1 Å². The first-order chi connectivity index (χ1) is 11.6. The fourth-order valence-electron chi connectivity index (χ4n) is 2.91. The summed E-state index contributed by atoms with van der Waals surface area (Å²) in [5.74, 6) is -0.176. The van der Waals surface area contributed by atoms with E-state index in [4.69, 9.17) is 5.73 Å². The normalized spacial score (nSPS) is 16.0. The summed E-state index contributed by atoms with van der Waals surface area (Å²) in [6.07, 6.45) is 0. The Bertz CT molecular complexity index is 708. The largest absolute Gasteiger partial charge is 0.398 e. The van der Waals surface area contributed by atoms with Crippen molar-refractivity contribution in [2.24, 2.45) is 0 Å². The molecule has 1 fully saturated rings. The molecule has 1 aliphatic heterocycles. The highest BCUT2D eigenvalue weighted by Gasteiger charge is 2.14. The fraction of sp³-hybridized carbons (Fsp3) is 0.316. The molecule has 5 nitrogen and oxygen atoms in total. The molecule has 2 aromatic rings. The van der Waals surface area contributed by atoms with E-state index in [-0.39, 0.29) is 5.91 Å². The fourth-order valence-corrected chi connectivity index (χ4v) is 2.91. The molecule has 3 N–H and O–H groups in total. The highest BCUT2D eigenvalue weighted by atomic mass is 16.1. The average molecular weight is 324 g/mol. The number of para-hydroxylation sites is 1. The Morgan fingerprint density at radius 1 is 1.08 bits per heavy atom. The summed E-state index contributed by atoms with van der Waals surface area (Å²) in [4.78, 5) is 17.2. The van der Waals surface area contributed by atoms with Crippen molar-refractivity contribution >= 4 is 17.3 Å². The van der Waals surface area contributed by atoms with E-state index in [1.54, 1.807) is 12.1 Å². The molecule has 0 atom stereocenters. The zero-order valence-electron chi connectivity index (χ0n) is 14.0. The molecule has 5 heteroatoms. The number of anilines is 2. The van der Waals surface area contributed by atoms with E-state index in [1.807, 2.05) is 30.3 Å². The number of likely N-dealkylation sites (N-methyl/N-ethyl adjacent to an activating group) is 1. The second kappa shape index (κ2) is 7.47. The van der Waals surface area contributed by atoms with Crippen molar-refractivity contribution in [1.82, 2.24) is 9.80 Å². The molecule has 0 aromatic heterocycles. The minimum atomic E-state index is -0.176. The van der Waals surface area contributed by atoms with Crippen molar-refractivity contribution in [2.45, 2.75) is 6.54 Å². The topological polar surface area (TPSA) is 61.6 Å². The lowest BCUT2D eigenvalue weighted by atomic mass is 10.1. The summed E-state index contributed by atoms with van der Waals surface area (Å²) in [6, 6.07) is 15.1. The summed E-state index contributed by atoms with van der Waals surface area (Å²) in [6.45, 7) is 5.26. The van der Waals surface area contributed by atoms with Crippen LogP contribution in [0.25, 0.3) is 0 Å². The molecule has 0 spiro atoms. The molecular formula is C19H24N4O. The summed E-state index contributed by atoms with van der Waals surface area (Å²) in [5, 5.41) is 2.94. The van der Waals surface area contributed by atoms with Gasteiger partial charge in [-0.1, -0.05) is 24.3 Å². The van der Waals surface area contributed by atoms with Crippen molar-refractivity contribution in [3.63, 3.8) is 0 Å². The van der Waals surface area contributed by atoms with Crippen molar-refractivity contribution < 1.29 is 4.79 Å².